The molecule has 9 atom stereocenters. The summed E-state index contributed by atoms with van der Waals surface area (Å²) in [5.41, 5.74) is 0. The van der Waals surface area contributed by atoms with Gasteiger partial charge in [0.15, 0.2) is 18.5 Å². The van der Waals surface area contributed by atoms with Crippen molar-refractivity contribution in [2.24, 2.45) is 0 Å². The molecular formula is C12H18O13. The molecule has 2 saturated heterocycles. The predicted molar refractivity (Wildman–Crippen MR) is 69.7 cm³/mol. The summed E-state index contributed by atoms with van der Waals surface area (Å²) in [6, 6.07) is 0. The molecule has 2 rings (SSSR count). The maximum Gasteiger partial charge on any atom is 0.335 e. The molecule has 0 saturated carbocycles. The lowest BCUT2D eigenvalue weighted by Gasteiger charge is -2.42. The summed E-state index contributed by atoms with van der Waals surface area (Å²) >= 11 is 0. The number of aliphatic hydroxyl groups is 6. The van der Waals surface area contributed by atoms with Crippen LogP contribution in [0.3, 0.4) is 0 Å². The van der Waals surface area contributed by atoms with E-state index in [1.54, 1.807) is 0 Å². The zero-order valence-electron chi connectivity index (χ0n) is 12.4. The lowest BCUT2D eigenvalue weighted by molar-refractivity contribution is -0.378. The topological polar surface area (TPSA) is 224 Å². The molecule has 13 nitrogen and oxygen atoms in total. The third-order valence-corrected chi connectivity index (χ3v) is 4.00. The Hall–Kier alpha value is -1.42. The zero-order valence-corrected chi connectivity index (χ0v) is 12.4. The first-order valence-electron chi connectivity index (χ1n) is 7.03. The van der Waals surface area contributed by atoms with Gasteiger partial charge in [0.1, 0.15) is 37.1 Å². The normalized spacial score (nSPS) is 47.6. The van der Waals surface area contributed by atoms with Crippen LogP contribution in [0, 0.1) is 0 Å². The molecule has 0 aromatic heterocycles. The van der Waals surface area contributed by atoms with E-state index in [2.05, 4.69) is 0 Å². The number of aliphatic hydroxyl groups excluding tert-OH is 6. The number of carboxylic acid groups (broad SMARTS) is 2. The van der Waals surface area contributed by atoms with E-state index in [9.17, 15) is 40.2 Å². The fourth-order valence-corrected chi connectivity index (χ4v) is 2.59. The SMILES string of the molecule is O=C(O)C1O[C@@H](O[C@]2(CO)O[C@@H](C(=O)O)C(O)C2O)C(O)C(O)[C@H]1O. The number of carboxylic acids is 2. The van der Waals surface area contributed by atoms with Gasteiger partial charge in [-0.05, 0) is 0 Å². The molecule has 0 aliphatic carbocycles. The second-order valence-corrected chi connectivity index (χ2v) is 5.64. The minimum Gasteiger partial charge on any atom is -0.479 e. The average Bonchev–Trinajstić information content (AvgIpc) is 2.80. The monoisotopic (exact) mass is 370 g/mol. The summed E-state index contributed by atoms with van der Waals surface area (Å²) in [6.07, 6.45) is -16.3. The van der Waals surface area contributed by atoms with Crippen LogP contribution in [0.25, 0.3) is 0 Å². The van der Waals surface area contributed by atoms with Crippen molar-refractivity contribution in [3.8, 4) is 0 Å². The van der Waals surface area contributed by atoms with Crippen LogP contribution in [0.5, 0.6) is 0 Å². The summed E-state index contributed by atoms with van der Waals surface area (Å²) in [6.45, 7) is -1.21. The maximum atomic E-state index is 11.0. The Kier molecular flexibility index (Phi) is 5.62. The first kappa shape index (κ1) is 19.9. The molecule has 0 aromatic carbocycles. The Morgan fingerprint density at radius 1 is 0.880 bits per heavy atom. The molecule has 2 aliphatic heterocycles. The average molecular weight is 370 g/mol. The molecule has 25 heavy (non-hydrogen) atoms. The number of ether oxygens (including phenoxy) is 3. The van der Waals surface area contributed by atoms with Crippen LogP contribution in [0.4, 0.5) is 0 Å². The fourth-order valence-electron chi connectivity index (χ4n) is 2.59. The third kappa shape index (κ3) is 3.33. The second kappa shape index (κ2) is 7.06. The summed E-state index contributed by atoms with van der Waals surface area (Å²) in [7, 11) is 0. The van der Waals surface area contributed by atoms with Gasteiger partial charge < -0.3 is 55.1 Å². The van der Waals surface area contributed by atoms with Gasteiger partial charge >= 0.3 is 11.9 Å². The molecule has 13 heteroatoms. The molecular weight excluding hydrogens is 352 g/mol. The molecule has 5 unspecified atom stereocenters. The highest BCUT2D eigenvalue weighted by Crippen LogP contribution is 2.36. The van der Waals surface area contributed by atoms with Crippen LogP contribution >= 0.6 is 0 Å². The van der Waals surface area contributed by atoms with E-state index in [-0.39, 0.29) is 0 Å². The van der Waals surface area contributed by atoms with Crippen molar-refractivity contribution in [1.82, 2.24) is 0 Å². The van der Waals surface area contributed by atoms with E-state index in [0.717, 1.165) is 0 Å². The van der Waals surface area contributed by atoms with E-state index >= 15 is 0 Å². The van der Waals surface area contributed by atoms with Crippen molar-refractivity contribution < 1.29 is 64.7 Å². The van der Waals surface area contributed by atoms with Gasteiger partial charge in [0.25, 0.3) is 0 Å². The summed E-state index contributed by atoms with van der Waals surface area (Å²) in [5.74, 6) is -5.98. The van der Waals surface area contributed by atoms with Crippen molar-refractivity contribution in [2.45, 2.75) is 54.8 Å². The molecule has 0 amide bonds. The standard InChI is InChI=1S/C12H18O13/c13-1-12(8(18)5(17)7(24-12)10(21)22)25-11-4(16)2(14)3(15)6(23-11)9(19)20/h2-8,11,13-18H,1H2,(H,19,20)(H,21,22)/t2?,3-,4?,5?,6?,7-,8?,11+,12+/m1/s1. The zero-order chi connectivity index (χ0) is 19.1. The largest absolute Gasteiger partial charge is 0.479 e. The minimum atomic E-state index is -2.58. The number of hydrogen-bond acceptors (Lipinski definition) is 11. The van der Waals surface area contributed by atoms with Crippen LogP contribution < -0.4 is 0 Å². The van der Waals surface area contributed by atoms with Crippen molar-refractivity contribution in [2.75, 3.05) is 6.61 Å². The van der Waals surface area contributed by atoms with Gasteiger partial charge in [-0.25, -0.2) is 9.59 Å². The Morgan fingerprint density at radius 2 is 1.44 bits per heavy atom. The highest BCUT2D eigenvalue weighted by molar-refractivity contribution is 5.74. The highest BCUT2D eigenvalue weighted by Gasteiger charge is 2.60. The number of hydrogen-bond donors (Lipinski definition) is 8. The van der Waals surface area contributed by atoms with E-state index in [1.165, 1.54) is 0 Å². The summed E-state index contributed by atoms with van der Waals surface area (Å²) in [5, 5.41) is 76.0. The van der Waals surface area contributed by atoms with Crippen molar-refractivity contribution in [1.29, 1.82) is 0 Å². The minimum absolute atomic E-state index is 1.21. The fraction of sp³-hybridized carbons (Fsp3) is 0.833. The van der Waals surface area contributed by atoms with Gasteiger partial charge in [-0.15, -0.1) is 0 Å². The quantitative estimate of drug-likeness (QED) is 0.227. The van der Waals surface area contributed by atoms with Gasteiger partial charge in [0.2, 0.25) is 5.79 Å². The Bertz CT molecular complexity index is 525. The first-order valence-corrected chi connectivity index (χ1v) is 7.03. The van der Waals surface area contributed by atoms with Crippen LogP contribution in [-0.4, -0.2) is 114 Å². The maximum absolute atomic E-state index is 11.0. The molecule has 0 bridgehead atoms. The molecule has 2 heterocycles. The molecule has 2 aliphatic rings. The second-order valence-electron chi connectivity index (χ2n) is 5.64. The molecule has 0 spiro atoms. The number of rotatable bonds is 5. The molecule has 0 radical (unpaired) electrons. The Morgan fingerprint density at radius 3 is 1.88 bits per heavy atom. The molecule has 144 valence electrons. The lowest BCUT2D eigenvalue weighted by Crippen LogP contribution is -2.63. The van der Waals surface area contributed by atoms with Crippen LogP contribution in [-0.2, 0) is 23.8 Å². The van der Waals surface area contributed by atoms with Gasteiger partial charge in [-0.2, -0.15) is 0 Å². The van der Waals surface area contributed by atoms with Crippen molar-refractivity contribution in [3.63, 3.8) is 0 Å². The molecule has 0 aromatic rings. The Balaban J connectivity index is 2.25. The van der Waals surface area contributed by atoms with Gasteiger partial charge in [0, 0.05) is 0 Å². The van der Waals surface area contributed by atoms with E-state index in [0.29, 0.717) is 0 Å². The summed E-state index contributed by atoms with van der Waals surface area (Å²) < 4.78 is 14.6. The number of aliphatic carboxylic acids is 2. The Labute approximate surface area is 139 Å². The predicted octanol–water partition coefficient (Wildman–Crippen LogP) is -5.21. The van der Waals surface area contributed by atoms with E-state index in [1.807, 2.05) is 0 Å². The van der Waals surface area contributed by atoms with Gasteiger partial charge in [-0.3, -0.25) is 0 Å². The molecule has 8 N–H and O–H groups in total. The lowest BCUT2D eigenvalue weighted by atomic mass is 9.98. The third-order valence-electron chi connectivity index (χ3n) is 4.00. The smallest absolute Gasteiger partial charge is 0.335 e. The van der Waals surface area contributed by atoms with Crippen LogP contribution in [0.2, 0.25) is 0 Å². The van der Waals surface area contributed by atoms with Gasteiger partial charge in [0.05, 0.1) is 0 Å². The van der Waals surface area contributed by atoms with Gasteiger partial charge in [-0.1, -0.05) is 0 Å². The van der Waals surface area contributed by atoms with Crippen molar-refractivity contribution in [3.05, 3.63) is 0 Å². The van der Waals surface area contributed by atoms with Crippen LogP contribution in [0.1, 0.15) is 0 Å². The van der Waals surface area contributed by atoms with Crippen molar-refractivity contribution >= 4 is 11.9 Å². The van der Waals surface area contributed by atoms with E-state index in [4.69, 9.17) is 24.4 Å². The number of carbonyl (C=O) groups is 2. The summed E-state index contributed by atoms with van der Waals surface area (Å²) in [4.78, 5) is 22.0. The van der Waals surface area contributed by atoms with Crippen LogP contribution in [0.15, 0.2) is 0 Å². The van der Waals surface area contributed by atoms with E-state index < -0.39 is 73.4 Å². The first-order chi connectivity index (χ1) is 11.6. The molecule has 2 fully saturated rings. The highest BCUT2D eigenvalue weighted by atomic mass is 16.8.